The fourth-order valence-corrected chi connectivity index (χ4v) is 4.43. The van der Waals surface area contributed by atoms with Crippen molar-refractivity contribution in [3.05, 3.63) is 101 Å². The Morgan fingerprint density at radius 1 is 1.08 bits per heavy atom. The predicted octanol–water partition coefficient (Wildman–Crippen LogP) is 5.11. The van der Waals surface area contributed by atoms with Gasteiger partial charge in [0.05, 0.1) is 22.9 Å². The number of nitrogens with zero attached hydrogens (tertiary/aromatic N) is 5. The summed E-state index contributed by atoms with van der Waals surface area (Å²) in [5, 5.41) is 16.2. The number of aliphatic imine (C=N–C) groups is 1. The lowest BCUT2D eigenvalue weighted by Gasteiger charge is -2.23. The minimum absolute atomic E-state index is 0.0796. The first-order valence-electron chi connectivity index (χ1n) is 12.1. The molecule has 10 nitrogen and oxygen atoms in total. The molecule has 1 aliphatic rings. The number of aromatic nitrogens is 3. The zero-order valence-electron chi connectivity index (χ0n) is 20.6. The molecule has 1 atom stereocenters. The van der Waals surface area contributed by atoms with Crippen molar-refractivity contribution in [2.75, 3.05) is 18.5 Å². The van der Waals surface area contributed by atoms with E-state index in [-0.39, 0.29) is 17.9 Å². The van der Waals surface area contributed by atoms with Gasteiger partial charge < -0.3 is 10.1 Å². The third-order valence-electron chi connectivity index (χ3n) is 6.28. The molecule has 0 bridgehead atoms. The van der Waals surface area contributed by atoms with Crippen LogP contribution in [0.4, 0.5) is 11.6 Å². The summed E-state index contributed by atoms with van der Waals surface area (Å²) in [4.78, 5) is 41.2. The Morgan fingerprint density at radius 2 is 1.92 bits per heavy atom. The normalized spacial score (nSPS) is 16.0. The average molecular weight is 509 g/mol. The maximum Gasteiger partial charge on any atom is 0.341 e. The summed E-state index contributed by atoms with van der Waals surface area (Å²) in [5.41, 5.74) is 1.32. The number of allylic oxidation sites excluding steroid dienone is 1. The second kappa shape index (κ2) is 10.6. The van der Waals surface area contributed by atoms with Crippen LogP contribution < -0.4 is 5.32 Å². The lowest BCUT2D eigenvalue weighted by molar-refractivity contribution is -0.385. The van der Waals surface area contributed by atoms with E-state index in [1.807, 2.05) is 54.6 Å². The summed E-state index contributed by atoms with van der Waals surface area (Å²) in [6.07, 6.45) is 8.64. The highest BCUT2D eigenvalue weighted by atomic mass is 16.6. The highest BCUT2D eigenvalue weighted by Gasteiger charge is 2.32. The number of carbonyl (C=O) groups excluding carboxylic acids is 1. The molecule has 0 fully saturated rings. The Bertz CT molecular complexity index is 1550. The Labute approximate surface area is 218 Å². The smallest absolute Gasteiger partial charge is 0.341 e. The van der Waals surface area contributed by atoms with Gasteiger partial charge in [-0.1, -0.05) is 42.5 Å². The lowest BCUT2D eigenvalue weighted by atomic mass is 9.92. The van der Waals surface area contributed by atoms with Gasteiger partial charge in [0.15, 0.2) is 0 Å². The minimum atomic E-state index is -0.758. The SMILES string of the molecule is CCOC(=O)c1cnc(NCCC2(c3ccc([N+](=O)[O-])cn3)C=CC=N2)nc1-c1cccc2ccccc12. The van der Waals surface area contributed by atoms with Crippen LogP contribution >= 0.6 is 0 Å². The number of ether oxygens (including phenoxy) is 1. The van der Waals surface area contributed by atoms with E-state index in [0.29, 0.717) is 30.3 Å². The number of nitrogens with one attached hydrogen (secondary N) is 1. The minimum Gasteiger partial charge on any atom is -0.462 e. The van der Waals surface area contributed by atoms with Crippen molar-refractivity contribution in [3.8, 4) is 11.3 Å². The maximum absolute atomic E-state index is 12.7. The van der Waals surface area contributed by atoms with Crippen molar-refractivity contribution < 1.29 is 14.5 Å². The Hall–Kier alpha value is -4.99. The molecule has 3 heterocycles. The molecule has 190 valence electrons. The van der Waals surface area contributed by atoms with Crippen LogP contribution in [0.2, 0.25) is 0 Å². The highest BCUT2D eigenvalue weighted by molar-refractivity contribution is 6.03. The van der Waals surface area contributed by atoms with E-state index in [4.69, 9.17) is 9.72 Å². The number of rotatable bonds is 9. The molecule has 1 aliphatic heterocycles. The molecule has 10 heteroatoms. The number of benzene rings is 2. The van der Waals surface area contributed by atoms with E-state index < -0.39 is 16.4 Å². The van der Waals surface area contributed by atoms with Crippen LogP contribution in [0, 0.1) is 10.1 Å². The molecule has 2 aromatic heterocycles. The van der Waals surface area contributed by atoms with Crippen LogP contribution in [0.15, 0.2) is 84.1 Å². The standard InChI is InChI=1S/C28H24N6O4/c1-2-38-26(35)23-18-31-27(33-25(23)22-10-5-8-19-7-3-4-9-21(19)22)29-16-14-28(13-6-15-32-28)24-12-11-20(17-30-24)34(36)37/h3-13,15,17-18H,2,14,16H2,1H3,(H,29,31,33). The number of nitro groups is 1. The summed E-state index contributed by atoms with van der Waals surface area (Å²) in [7, 11) is 0. The second-order valence-electron chi connectivity index (χ2n) is 8.60. The molecule has 1 N–H and O–H groups in total. The molecule has 0 spiro atoms. The van der Waals surface area contributed by atoms with Crippen LogP contribution in [-0.4, -0.2) is 45.2 Å². The van der Waals surface area contributed by atoms with E-state index in [1.54, 1.807) is 19.2 Å². The molecule has 0 amide bonds. The number of esters is 1. The van der Waals surface area contributed by atoms with Crippen molar-refractivity contribution >= 4 is 34.6 Å². The fourth-order valence-electron chi connectivity index (χ4n) is 4.43. The Balaban J connectivity index is 1.43. The van der Waals surface area contributed by atoms with E-state index in [2.05, 4.69) is 20.3 Å². The van der Waals surface area contributed by atoms with Crippen molar-refractivity contribution in [2.24, 2.45) is 4.99 Å². The van der Waals surface area contributed by atoms with E-state index in [0.717, 1.165) is 16.3 Å². The third-order valence-corrected chi connectivity index (χ3v) is 6.28. The van der Waals surface area contributed by atoms with Crippen LogP contribution in [-0.2, 0) is 10.3 Å². The van der Waals surface area contributed by atoms with E-state index in [1.165, 1.54) is 18.5 Å². The second-order valence-corrected chi connectivity index (χ2v) is 8.60. The van der Waals surface area contributed by atoms with Gasteiger partial charge in [-0.25, -0.2) is 14.8 Å². The lowest BCUT2D eigenvalue weighted by Crippen LogP contribution is -2.25. The van der Waals surface area contributed by atoms with Gasteiger partial charge in [0, 0.05) is 30.6 Å². The molecule has 0 aliphatic carbocycles. The molecular formula is C28H24N6O4. The van der Waals surface area contributed by atoms with Gasteiger partial charge in [-0.3, -0.25) is 20.1 Å². The van der Waals surface area contributed by atoms with Crippen LogP contribution in [0.1, 0.15) is 29.4 Å². The molecule has 0 radical (unpaired) electrons. The first kappa shape index (κ1) is 24.7. The predicted molar refractivity (Wildman–Crippen MR) is 144 cm³/mol. The Kier molecular flexibility index (Phi) is 6.86. The first-order valence-corrected chi connectivity index (χ1v) is 12.1. The van der Waals surface area contributed by atoms with Gasteiger partial charge >= 0.3 is 5.97 Å². The fraction of sp³-hybridized carbons (Fsp3) is 0.179. The van der Waals surface area contributed by atoms with Crippen LogP contribution in [0.5, 0.6) is 0 Å². The van der Waals surface area contributed by atoms with Gasteiger partial charge in [-0.15, -0.1) is 0 Å². The van der Waals surface area contributed by atoms with Gasteiger partial charge in [-0.05, 0) is 42.3 Å². The molecule has 38 heavy (non-hydrogen) atoms. The van der Waals surface area contributed by atoms with Crippen LogP contribution in [0.25, 0.3) is 22.0 Å². The summed E-state index contributed by atoms with van der Waals surface area (Å²) in [5.74, 6) is -0.144. The van der Waals surface area contributed by atoms with E-state index in [9.17, 15) is 14.9 Å². The molecule has 5 rings (SSSR count). The summed E-state index contributed by atoms with van der Waals surface area (Å²) < 4.78 is 5.26. The monoisotopic (exact) mass is 508 g/mol. The van der Waals surface area contributed by atoms with E-state index >= 15 is 0 Å². The summed E-state index contributed by atoms with van der Waals surface area (Å²) >= 11 is 0. The van der Waals surface area contributed by atoms with Crippen molar-refractivity contribution in [2.45, 2.75) is 18.9 Å². The summed E-state index contributed by atoms with van der Waals surface area (Å²) in [6.45, 7) is 2.41. The average Bonchev–Trinajstić information content (AvgIpc) is 3.43. The van der Waals surface area contributed by atoms with Crippen molar-refractivity contribution in [1.82, 2.24) is 15.0 Å². The number of hydrogen-bond donors (Lipinski definition) is 1. The molecule has 1 unspecified atom stereocenters. The summed E-state index contributed by atoms with van der Waals surface area (Å²) in [6, 6.07) is 16.8. The number of fused-ring (bicyclic) bond motifs is 1. The maximum atomic E-state index is 12.7. The van der Waals surface area contributed by atoms with Gasteiger partial charge in [0.1, 0.15) is 17.3 Å². The number of carbonyl (C=O) groups is 1. The van der Waals surface area contributed by atoms with Crippen molar-refractivity contribution in [3.63, 3.8) is 0 Å². The van der Waals surface area contributed by atoms with Crippen molar-refractivity contribution in [1.29, 1.82) is 0 Å². The third kappa shape index (κ3) is 4.83. The van der Waals surface area contributed by atoms with Gasteiger partial charge in [0.2, 0.25) is 5.95 Å². The number of pyridine rings is 1. The zero-order valence-corrected chi connectivity index (χ0v) is 20.6. The molecule has 0 saturated carbocycles. The van der Waals surface area contributed by atoms with Gasteiger partial charge in [-0.2, -0.15) is 0 Å². The topological polar surface area (TPSA) is 132 Å². The first-order chi connectivity index (χ1) is 18.5. The molecule has 0 saturated heterocycles. The molecule has 4 aromatic rings. The Morgan fingerprint density at radius 3 is 2.66 bits per heavy atom. The molecule has 2 aromatic carbocycles. The number of anilines is 1. The zero-order chi connectivity index (χ0) is 26.5. The highest BCUT2D eigenvalue weighted by Crippen LogP contribution is 2.34. The van der Waals surface area contributed by atoms with Gasteiger partial charge in [0.25, 0.3) is 5.69 Å². The largest absolute Gasteiger partial charge is 0.462 e. The quantitative estimate of drug-likeness (QED) is 0.187. The number of hydrogen-bond acceptors (Lipinski definition) is 9. The molecular weight excluding hydrogens is 484 g/mol. The van der Waals surface area contributed by atoms with Crippen LogP contribution in [0.3, 0.4) is 0 Å².